The molecule has 1 aromatic heterocycles. The van der Waals surface area contributed by atoms with Gasteiger partial charge in [-0.3, -0.25) is 4.98 Å². The number of pyridine rings is 1. The van der Waals surface area contributed by atoms with Gasteiger partial charge in [0.15, 0.2) is 5.75 Å². The molecule has 21 heavy (non-hydrogen) atoms. The minimum absolute atomic E-state index is 0.473. The molecule has 0 aliphatic carbocycles. The standard InChI is InChI=1S/C17H13ClN2O/c18-14-10-13(12-4-2-1-3-5-12)6-7-16(14)21-17-8-9-20-11-15(17)19/h1-11H,19H2. The summed E-state index contributed by atoms with van der Waals surface area (Å²) in [5.41, 5.74) is 8.43. The molecule has 0 saturated carbocycles. The number of halogens is 1. The third-order valence-electron chi connectivity index (χ3n) is 3.07. The van der Waals surface area contributed by atoms with Crippen LogP contribution in [0.25, 0.3) is 11.1 Å². The zero-order valence-corrected chi connectivity index (χ0v) is 11.9. The van der Waals surface area contributed by atoms with E-state index >= 15 is 0 Å². The summed E-state index contributed by atoms with van der Waals surface area (Å²) in [6.07, 6.45) is 3.17. The molecule has 2 aromatic carbocycles. The van der Waals surface area contributed by atoms with E-state index in [2.05, 4.69) is 4.98 Å². The van der Waals surface area contributed by atoms with Crippen molar-refractivity contribution in [2.24, 2.45) is 0 Å². The summed E-state index contributed by atoms with van der Waals surface area (Å²) in [5.74, 6) is 1.11. The van der Waals surface area contributed by atoms with Crippen LogP contribution in [0.1, 0.15) is 0 Å². The molecule has 3 rings (SSSR count). The van der Waals surface area contributed by atoms with Gasteiger partial charge in [0.25, 0.3) is 0 Å². The normalized spacial score (nSPS) is 10.3. The first-order chi connectivity index (χ1) is 10.2. The Balaban J connectivity index is 1.90. The van der Waals surface area contributed by atoms with Gasteiger partial charge < -0.3 is 10.5 Å². The molecule has 2 N–H and O–H groups in total. The lowest BCUT2D eigenvalue weighted by Crippen LogP contribution is -1.93. The van der Waals surface area contributed by atoms with Crippen LogP contribution in [0.3, 0.4) is 0 Å². The Bertz CT molecular complexity index is 760. The van der Waals surface area contributed by atoms with Gasteiger partial charge in [-0.05, 0) is 23.3 Å². The van der Waals surface area contributed by atoms with E-state index in [0.717, 1.165) is 11.1 Å². The number of nitrogens with two attached hydrogens (primary N) is 1. The molecule has 0 spiro atoms. The van der Waals surface area contributed by atoms with Gasteiger partial charge in [-0.25, -0.2) is 0 Å². The maximum atomic E-state index is 6.30. The second-order valence-electron chi connectivity index (χ2n) is 4.53. The van der Waals surface area contributed by atoms with Gasteiger partial charge in [0, 0.05) is 12.3 Å². The largest absolute Gasteiger partial charge is 0.454 e. The Kier molecular flexibility index (Phi) is 3.75. The second kappa shape index (κ2) is 5.85. The van der Waals surface area contributed by atoms with Crippen molar-refractivity contribution in [2.75, 3.05) is 5.73 Å². The summed E-state index contributed by atoms with van der Waals surface area (Å²) in [6, 6.07) is 17.4. The number of nitrogen functional groups attached to an aromatic ring is 1. The molecule has 3 nitrogen and oxygen atoms in total. The Morgan fingerprint density at radius 1 is 0.905 bits per heavy atom. The molecular weight excluding hydrogens is 284 g/mol. The van der Waals surface area contributed by atoms with Gasteiger partial charge in [-0.1, -0.05) is 48.0 Å². The van der Waals surface area contributed by atoms with E-state index in [4.69, 9.17) is 22.1 Å². The van der Waals surface area contributed by atoms with Crippen molar-refractivity contribution in [1.29, 1.82) is 0 Å². The molecular formula is C17H13ClN2O. The van der Waals surface area contributed by atoms with Gasteiger partial charge in [0.2, 0.25) is 0 Å². The predicted octanol–water partition coefficient (Wildman–Crippen LogP) is 4.78. The van der Waals surface area contributed by atoms with Crippen molar-refractivity contribution in [3.05, 3.63) is 72.0 Å². The Morgan fingerprint density at radius 3 is 2.43 bits per heavy atom. The van der Waals surface area contributed by atoms with E-state index in [0.29, 0.717) is 22.2 Å². The maximum absolute atomic E-state index is 6.30. The van der Waals surface area contributed by atoms with Crippen LogP contribution in [0.15, 0.2) is 67.0 Å². The van der Waals surface area contributed by atoms with E-state index in [1.165, 1.54) is 0 Å². The monoisotopic (exact) mass is 296 g/mol. The summed E-state index contributed by atoms with van der Waals surface area (Å²) in [4.78, 5) is 3.92. The second-order valence-corrected chi connectivity index (χ2v) is 4.93. The fourth-order valence-corrected chi connectivity index (χ4v) is 2.22. The minimum atomic E-state index is 0.473. The highest BCUT2D eigenvalue weighted by Gasteiger charge is 2.07. The first-order valence-electron chi connectivity index (χ1n) is 6.46. The van der Waals surface area contributed by atoms with E-state index in [-0.39, 0.29) is 0 Å². The van der Waals surface area contributed by atoms with Crippen LogP contribution in [0, 0.1) is 0 Å². The third kappa shape index (κ3) is 2.98. The summed E-state index contributed by atoms with van der Waals surface area (Å²) in [5, 5.41) is 0.535. The average molecular weight is 297 g/mol. The molecule has 0 amide bonds. The Morgan fingerprint density at radius 2 is 1.71 bits per heavy atom. The Hall–Kier alpha value is -2.52. The Labute approximate surface area is 128 Å². The summed E-state index contributed by atoms with van der Waals surface area (Å²) in [7, 11) is 0. The van der Waals surface area contributed by atoms with E-state index in [1.54, 1.807) is 18.5 Å². The molecule has 1 heterocycles. The van der Waals surface area contributed by atoms with Crippen molar-refractivity contribution < 1.29 is 4.74 Å². The highest BCUT2D eigenvalue weighted by atomic mass is 35.5. The van der Waals surface area contributed by atoms with Crippen LogP contribution in [0.4, 0.5) is 5.69 Å². The number of ether oxygens (including phenoxy) is 1. The number of rotatable bonds is 3. The minimum Gasteiger partial charge on any atom is -0.454 e. The lowest BCUT2D eigenvalue weighted by atomic mass is 10.1. The van der Waals surface area contributed by atoms with Gasteiger partial charge in [0.05, 0.1) is 16.9 Å². The van der Waals surface area contributed by atoms with Gasteiger partial charge >= 0.3 is 0 Å². The fourth-order valence-electron chi connectivity index (χ4n) is 2.00. The van der Waals surface area contributed by atoms with Gasteiger partial charge in [-0.15, -0.1) is 0 Å². The molecule has 0 unspecified atom stereocenters. The average Bonchev–Trinajstić information content (AvgIpc) is 2.52. The van der Waals surface area contributed by atoms with Crippen LogP contribution < -0.4 is 10.5 Å². The molecule has 0 radical (unpaired) electrons. The van der Waals surface area contributed by atoms with Crippen molar-refractivity contribution in [1.82, 2.24) is 4.98 Å². The molecule has 0 saturated heterocycles. The first kappa shape index (κ1) is 13.5. The highest BCUT2D eigenvalue weighted by Crippen LogP contribution is 2.34. The topological polar surface area (TPSA) is 48.1 Å². The predicted molar refractivity (Wildman–Crippen MR) is 85.6 cm³/mol. The molecule has 104 valence electrons. The molecule has 0 atom stereocenters. The zero-order valence-electron chi connectivity index (χ0n) is 11.2. The molecule has 4 heteroatoms. The van der Waals surface area contributed by atoms with Crippen molar-refractivity contribution in [3.8, 4) is 22.6 Å². The van der Waals surface area contributed by atoms with Crippen LogP contribution in [0.2, 0.25) is 5.02 Å². The molecule has 0 bridgehead atoms. The zero-order chi connectivity index (χ0) is 14.7. The fraction of sp³-hybridized carbons (Fsp3) is 0. The van der Waals surface area contributed by atoms with Crippen molar-refractivity contribution >= 4 is 17.3 Å². The maximum Gasteiger partial charge on any atom is 0.153 e. The first-order valence-corrected chi connectivity index (χ1v) is 6.84. The van der Waals surface area contributed by atoms with Crippen LogP contribution in [0.5, 0.6) is 11.5 Å². The molecule has 0 aliphatic heterocycles. The number of anilines is 1. The number of benzene rings is 2. The summed E-state index contributed by atoms with van der Waals surface area (Å²) in [6.45, 7) is 0. The SMILES string of the molecule is Nc1cnccc1Oc1ccc(-c2ccccc2)cc1Cl. The smallest absolute Gasteiger partial charge is 0.153 e. The van der Waals surface area contributed by atoms with E-state index in [1.807, 2.05) is 48.5 Å². The molecule has 0 aliphatic rings. The number of hydrogen-bond donors (Lipinski definition) is 1. The number of nitrogens with zero attached hydrogens (tertiary/aromatic N) is 1. The van der Waals surface area contributed by atoms with Crippen LogP contribution in [-0.4, -0.2) is 4.98 Å². The molecule has 3 aromatic rings. The number of hydrogen-bond acceptors (Lipinski definition) is 3. The van der Waals surface area contributed by atoms with Crippen molar-refractivity contribution in [3.63, 3.8) is 0 Å². The third-order valence-corrected chi connectivity index (χ3v) is 3.36. The van der Waals surface area contributed by atoms with Crippen LogP contribution >= 0.6 is 11.6 Å². The van der Waals surface area contributed by atoms with Gasteiger partial charge in [0.1, 0.15) is 5.75 Å². The lowest BCUT2D eigenvalue weighted by Gasteiger charge is -2.10. The van der Waals surface area contributed by atoms with Crippen molar-refractivity contribution in [2.45, 2.75) is 0 Å². The lowest BCUT2D eigenvalue weighted by molar-refractivity contribution is 0.484. The van der Waals surface area contributed by atoms with Gasteiger partial charge in [-0.2, -0.15) is 0 Å². The highest BCUT2D eigenvalue weighted by molar-refractivity contribution is 6.32. The summed E-state index contributed by atoms with van der Waals surface area (Å²) >= 11 is 6.30. The number of aromatic nitrogens is 1. The summed E-state index contributed by atoms with van der Waals surface area (Å²) < 4.78 is 5.73. The van der Waals surface area contributed by atoms with E-state index < -0.39 is 0 Å². The van der Waals surface area contributed by atoms with Crippen LogP contribution in [-0.2, 0) is 0 Å². The molecule has 0 fully saturated rings. The quantitative estimate of drug-likeness (QED) is 0.757. The van der Waals surface area contributed by atoms with E-state index in [9.17, 15) is 0 Å².